The van der Waals surface area contributed by atoms with E-state index in [-0.39, 0.29) is 17.4 Å². The fourth-order valence-corrected chi connectivity index (χ4v) is 2.53. The van der Waals surface area contributed by atoms with Crippen molar-refractivity contribution in [3.8, 4) is 0 Å². The standard InChI is InChI=1S/C15H17N3O3/c1-9-17-12-4-2-3-11(15(20)21)13(12)18(9)8-7-16-14(19)10-5-6-10/h2-4,10H,5-8H2,1H3,(H,16,19)(H,20,21). The lowest BCUT2D eigenvalue weighted by molar-refractivity contribution is -0.122. The number of aromatic carboxylic acids is 1. The minimum absolute atomic E-state index is 0.0931. The molecule has 2 N–H and O–H groups in total. The topological polar surface area (TPSA) is 84.2 Å². The Bertz CT molecular complexity index is 716. The Labute approximate surface area is 121 Å². The van der Waals surface area contributed by atoms with Gasteiger partial charge in [-0.3, -0.25) is 4.79 Å². The van der Waals surface area contributed by atoms with Crippen molar-refractivity contribution in [3.63, 3.8) is 0 Å². The maximum absolute atomic E-state index is 11.6. The maximum Gasteiger partial charge on any atom is 0.337 e. The number of carbonyl (C=O) groups excluding carboxylic acids is 1. The third-order valence-corrected chi connectivity index (χ3v) is 3.77. The van der Waals surface area contributed by atoms with Crippen LogP contribution < -0.4 is 5.32 Å². The van der Waals surface area contributed by atoms with Crippen molar-refractivity contribution in [2.45, 2.75) is 26.3 Å². The minimum atomic E-state index is -0.969. The van der Waals surface area contributed by atoms with Gasteiger partial charge in [0, 0.05) is 19.0 Å². The lowest BCUT2D eigenvalue weighted by Crippen LogP contribution is -2.28. The lowest BCUT2D eigenvalue weighted by Gasteiger charge is -2.09. The normalized spacial score (nSPS) is 14.3. The predicted octanol–water partition coefficient (Wildman–Crippen LogP) is 1.57. The molecule has 1 saturated carbocycles. The largest absolute Gasteiger partial charge is 0.478 e. The Hall–Kier alpha value is -2.37. The molecule has 1 amide bonds. The molecule has 0 saturated heterocycles. The van der Waals surface area contributed by atoms with Crippen molar-refractivity contribution < 1.29 is 14.7 Å². The number of carboxylic acid groups (broad SMARTS) is 1. The maximum atomic E-state index is 11.6. The summed E-state index contributed by atoms with van der Waals surface area (Å²) >= 11 is 0. The zero-order chi connectivity index (χ0) is 15.0. The van der Waals surface area contributed by atoms with Crippen molar-refractivity contribution >= 4 is 22.9 Å². The Morgan fingerprint density at radius 2 is 2.19 bits per heavy atom. The number of hydrogen-bond donors (Lipinski definition) is 2. The average Bonchev–Trinajstić information content (AvgIpc) is 3.23. The molecule has 1 aliphatic rings. The molecule has 3 rings (SSSR count). The molecular formula is C15H17N3O3. The Morgan fingerprint density at radius 1 is 1.43 bits per heavy atom. The van der Waals surface area contributed by atoms with Gasteiger partial charge in [-0.05, 0) is 31.9 Å². The van der Waals surface area contributed by atoms with Crippen molar-refractivity contribution in [2.75, 3.05) is 6.54 Å². The van der Waals surface area contributed by atoms with E-state index in [1.54, 1.807) is 18.2 Å². The first-order valence-electron chi connectivity index (χ1n) is 7.05. The number of rotatable bonds is 5. The molecule has 6 heteroatoms. The van der Waals surface area contributed by atoms with Gasteiger partial charge < -0.3 is 15.0 Å². The summed E-state index contributed by atoms with van der Waals surface area (Å²) in [5.74, 6) is 0.0545. The van der Waals surface area contributed by atoms with E-state index in [0.29, 0.717) is 24.1 Å². The molecule has 110 valence electrons. The molecule has 1 fully saturated rings. The molecule has 0 aliphatic heterocycles. The first-order chi connectivity index (χ1) is 10.1. The van der Waals surface area contributed by atoms with Gasteiger partial charge in [0.05, 0.1) is 16.6 Å². The number of hydrogen-bond acceptors (Lipinski definition) is 3. The van der Waals surface area contributed by atoms with Gasteiger partial charge in [0.1, 0.15) is 5.82 Å². The van der Waals surface area contributed by atoms with Crippen LogP contribution in [0.4, 0.5) is 0 Å². The number of imidazole rings is 1. The van der Waals surface area contributed by atoms with E-state index in [0.717, 1.165) is 18.7 Å². The summed E-state index contributed by atoms with van der Waals surface area (Å²) in [7, 11) is 0. The highest BCUT2D eigenvalue weighted by Crippen LogP contribution is 2.28. The number of nitrogens with one attached hydrogen (secondary N) is 1. The van der Waals surface area contributed by atoms with Gasteiger partial charge in [-0.15, -0.1) is 0 Å². The SMILES string of the molecule is Cc1nc2cccc(C(=O)O)c2n1CCNC(=O)C1CC1. The molecule has 0 spiro atoms. The third kappa shape index (κ3) is 2.61. The molecule has 2 aromatic rings. The Balaban J connectivity index is 1.84. The van der Waals surface area contributed by atoms with E-state index in [4.69, 9.17) is 0 Å². The second-order valence-electron chi connectivity index (χ2n) is 5.35. The first kappa shape index (κ1) is 13.6. The minimum Gasteiger partial charge on any atom is -0.478 e. The van der Waals surface area contributed by atoms with Crippen LogP contribution in [0.1, 0.15) is 29.0 Å². The molecule has 1 heterocycles. The quantitative estimate of drug-likeness (QED) is 0.874. The number of carboxylic acids is 1. The number of para-hydroxylation sites is 1. The van der Waals surface area contributed by atoms with Crippen LogP contribution in [0.3, 0.4) is 0 Å². The summed E-state index contributed by atoms with van der Waals surface area (Å²) in [5.41, 5.74) is 1.52. The zero-order valence-electron chi connectivity index (χ0n) is 11.8. The number of benzene rings is 1. The third-order valence-electron chi connectivity index (χ3n) is 3.77. The van der Waals surface area contributed by atoms with E-state index >= 15 is 0 Å². The highest BCUT2D eigenvalue weighted by Gasteiger charge is 2.29. The van der Waals surface area contributed by atoms with Crippen molar-refractivity contribution in [2.24, 2.45) is 5.92 Å². The van der Waals surface area contributed by atoms with Gasteiger partial charge in [-0.1, -0.05) is 6.07 Å². The highest BCUT2D eigenvalue weighted by atomic mass is 16.4. The summed E-state index contributed by atoms with van der Waals surface area (Å²) in [4.78, 5) is 27.4. The molecule has 1 aromatic heterocycles. The van der Waals surface area contributed by atoms with Gasteiger partial charge in [-0.2, -0.15) is 0 Å². The molecule has 6 nitrogen and oxygen atoms in total. The van der Waals surface area contributed by atoms with Crippen molar-refractivity contribution in [1.29, 1.82) is 0 Å². The van der Waals surface area contributed by atoms with Crippen LogP contribution >= 0.6 is 0 Å². The van der Waals surface area contributed by atoms with Gasteiger partial charge in [-0.25, -0.2) is 9.78 Å². The summed E-state index contributed by atoms with van der Waals surface area (Å²) in [6.07, 6.45) is 1.95. The Kier molecular flexibility index (Phi) is 3.37. The van der Waals surface area contributed by atoms with Crippen LogP contribution in [0.5, 0.6) is 0 Å². The van der Waals surface area contributed by atoms with Gasteiger partial charge in [0.25, 0.3) is 0 Å². The van der Waals surface area contributed by atoms with Crippen molar-refractivity contribution in [3.05, 3.63) is 29.6 Å². The second-order valence-corrected chi connectivity index (χ2v) is 5.35. The fourth-order valence-electron chi connectivity index (χ4n) is 2.53. The van der Waals surface area contributed by atoms with Crippen LogP contribution in [0.2, 0.25) is 0 Å². The zero-order valence-corrected chi connectivity index (χ0v) is 11.8. The molecule has 1 aromatic carbocycles. The van der Waals surface area contributed by atoms with Gasteiger partial charge in [0.2, 0.25) is 5.91 Å². The fraction of sp³-hybridized carbons (Fsp3) is 0.400. The van der Waals surface area contributed by atoms with E-state index in [2.05, 4.69) is 10.3 Å². The lowest BCUT2D eigenvalue weighted by atomic mass is 10.2. The number of nitrogens with zero attached hydrogens (tertiary/aromatic N) is 2. The second kappa shape index (κ2) is 5.20. The molecule has 0 bridgehead atoms. The summed E-state index contributed by atoms with van der Waals surface area (Å²) in [6.45, 7) is 2.84. The average molecular weight is 287 g/mol. The predicted molar refractivity (Wildman–Crippen MR) is 77.2 cm³/mol. The van der Waals surface area contributed by atoms with Crippen LogP contribution in [0.15, 0.2) is 18.2 Å². The van der Waals surface area contributed by atoms with Crippen LogP contribution in [0, 0.1) is 12.8 Å². The van der Waals surface area contributed by atoms with Gasteiger partial charge in [0.15, 0.2) is 0 Å². The van der Waals surface area contributed by atoms with E-state index in [9.17, 15) is 14.7 Å². The number of fused-ring (bicyclic) bond motifs is 1. The summed E-state index contributed by atoms with van der Waals surface area (Å²) in [5, 5.41) is 12.2. The van der Waals surface area contributed by atoms with E-state index in [1.165, 1.54) is 0 Å². The number of aromatic nitrogens is 2. The summed E-state index contributed by atoms with van der Waals surface area (Å²) in [6, 6.07) is 5.07. The molecule has 1 aliphatic carbocycles. The first-order valence-corrected chi connectivity index (χ1v) is 7.05. The van der Waals surface area contributed by atoms with Crippen LogP contribution in [0.25, 0.3) is 11.0 Å². The van der Waals surface area contributed by atoms with Gasteiger partial charge >= 0.3 is 5.97 Å². The number of carbonyl (C=O) groups is 2. The summed E-state index contributed by atoms with van der Waals surface area (Å²) < 4.78 is 1.85. The van der Waals surface area contributed by atoms with Crippen LogP contribution in [-0.2, 0) is 11.3 Å². The van der Waals surface area contributed by atoms with E-state index < -0.39 is 5.97 Å². The monoisotopic (exact) mass is 287 g/mol. The number of amides is 1. The molecule has 0 atom stereocenters. The molecule has 21 heavy (non-hydrogen) atoms. The van der Waals surface area contributed by atoms with Crippen molar-refractivity contribution in [1.82, 2.24) is 14.9 Å². The Morgan fingerprint density at radius 3 is 2.86 bits per heavy atom. The van der Waals surface area contributed by atoms with Crippen LogP contribution in [-0.4, -0.2) is 33.1 Å². The molecule has 0 unspecified atom stereocenters. The number of aryl methyl sites for hydroxylation is 1. The van der Waals surface area contributed by atoms with E-state index in [1.807, 2.05) is 11.5 Å². The smallest absolute Gasteiger partial charge is 0.337 e. The highest BCUT2D eigenvalue weighted by molar-refractivity contribution is 6.01. The molecule has 0 radical (unpaired) electrons. The molecular weight excluding hydrogens is 270 g/mol.